The maximum absolute atomic E-state index is 12.9. The maximum Gasteiger partial charge on any atom is 0.274 e. The van der Waals surface area contributed by atoms with Gasteiger partial charge in [0.2, 0.25) is 5.95 Å². The number of para-hydroxylation sites is 1. The van der Waals surface area contributed by atoms with Crippen LogP contribution in [-0.4, -0.2) is 15.9 Å². The monoisotopic (exact) mass is 322 g/mol. The fourth-order valence-electron chi connectivity index (χ4n) is 2.12. The Balaban J connectivity index is 1.80. The lowest BCUT2D eigenvalue weighted by Gasteiger charge is -2.09. The molecule has 2 aromatic carbocycles. The first-order chi connectivity index (χ1) is 11.6. The Morgan fingerprint density at radius 3 is 2.38 bits per heavy atom. The molecule has 0 atom stereocenters. The summed E-state index contributed by atoms with van der Waals surface area (Å²) in [6, 6.07) is 16.6. The number of aromatic nitrogens is 2. The first-order valence-electron chi connectivity index (χ1n) is 7.35. The van der Waals surface area contributed by atoms with Gasteiger partial charge >= 0.3 is 0 Å². The highest BCUT2D eigenvalue weighted by molar-refractivity contribution is 6.03. The number of nitrogens with one attached hydrogen (secondary N) is 2. The van der Waals surface area contributed by atoms with Crippen LogP contribution in [-0.2, 0) is 0 Å². The average Bonchev–Trinajstić information content (AvgIpc) is 2.57. The smallest absolute Gasteiger partial charge is 0.274 e. The lowest BCUT2D eigenvalue weighted by atomic mass is 10.2. The van der Waals surface area contributed by atoms with Crippen molar-refractivity contribution in [2.45, 2.75) is 6.92 Å². The third kappa shape index (κ3) is 3.92. The van der Waals surface area contributed by atoms with E-state index in [9.17, 15) is 9.18 Å². The summed E-state index contributed by atoms with van der Waals surface area (Å²) < 4.78 is 12.9. The normalized spacial score (nSPS) is 10.2. The van der Waals surface area contributed by atoms with Crippen molar-refractivity contribution in [1.82, 2.24) is 9.97 Å². The minimum absolute atomic E-state index is 0.227. The number of anilines is 3. The zero-order chi connectivity index (χ0) is 16.9. The molecule has 0 aliphatic heterocycles. The Kier molecular flexibility index (Phi) is 4.47. The molecular weight excluding hydrogens is 307 g/mol. The molecule has 1 amide bonds. The molecule has 0 spiro atoms. The predicted molar refractivity (Wildman–Crippen MR) is 90.8 cm³/mol. The molecule has 24 heavy (non-hydrogen) atoms. The second-order valence-electron chi connectivity index (χ2n) is 5.17. The predicted octanol–water partition coefficient (Wildman–Crippen LogP) is 3.92. The molecule has 0 aliphatic rings. The van der Waals surface area contributed by atoms with Gasteiger partial charge in [0.05, 0.1) is 0 Å². The number of halogens is 1. The summed E-state index contributed by atoms with van der Waals surface area (Å²) in [5.74, 6) is -0.408. The Morgan fingerprint density at radius 2 is 1.67 bits per heavy atom. The van der Waals surface area contributed by atoms with Gasteiger partial charge in [0, 0.05) is 17.1 Å². The number of nitrogens with zero attached hydrogens (tertiary/aromatic N) is 2. The maximum atomic E-state index is 12.9. The molecule has 3 aromatic rings. The van der Waals surface area contributed by atoms with Crippen molar-refractivity contribution in [3.8, 4) is 0 Å². The van der Waals surface area contributed by atoms with Crippen LogP contribution >= 0.6 is 0 Å². The van der Waals surface area contributed by atoms with Crippen LogP contribution in [0.15, 0.2) is 60.7 Å². The minimum Gasteiger partial charge on any atom is -0.324 e. The molecule has 0 fully saturated rings. The molecule has 0 bridgehead atoms. The van der Waals surface area contributed by atoms with Crippen LogP contribution in [0.4, 0.5) is 21.7 Å². The van der Waals surface area contributed by atoms with Gasteiger partial charge in [-0.2, -0.15) is 0 Å². The molecule has 0 saturated heterocycles. The summed E-state index contributed by atoms with van der Waals surface area (Å²) in [4.78, 5) is 20.8. The van der Waals surface area contributed by atoms with Crippen molar-refractivity contribution >= 4 is 23.2 Å². The van der Waals surface area contributed by atoms with E-state index in [1.54, 1.807) is 13.0 Å². The van der Waals surface area contributed by atoms with E-state index in [0.717, 1.165) is 5.69 Å². The Labute approximate surface area is 138 Å². The standard InChI is InChI=1S/C18H15FN4O/c1-12-11-16(17(24)21-15-9-7-13(19)8-10-15)23-18(20-12)22-14-5-3-2-4-6-14/h2-11H,1H3,(H,21,24)(H,20,22,23). The summed E-state index contributed by atoms with van der Waals surface area (Å²) in [6.45, 7) is 1.78. The van der Waals surface area contributed by atoms with Crippen molar-refractivity contribution in [2.24, 2.45) is 0 Å². The molecular formula is C18H15FN4O. The van der Waals surface area contributed by atoms with E-state index < -0.39 is 0 Å². The van der Waals surface area contributed by atoms with Gasteiger partial charge in [-0.05, 0) is 49.4 Å². The van der Waals surface area contributed by atoms with Crippen LogP contribution in [0.5, 0.6) is 0 Å². The molecule has 1 heterocycles. The molecule has 0 saturated carbocycles. The van der Waals surface area contributed by atoms with Crippen molar-refractivity contribution in [2.75, 3.05) is 10.6 Å². The molecule has 6 heteroatoms. The largest absolute Gasteiger partial charge is 0.324 e. The highest BCUT2D eigenvalue weighted by Crippen LogP contribution is 2.15. The summed E-state index contributed by atoms with van der Waals surface area (Å²) >= 11 is 0. The van der Waals surface area contributed by atoms with E-state index >= 15 is 0 Å². The molecule has 0 unspecified atom stereocenters. The van der Waals surface area contributed by atoms with E-state index in [2.05, 4.69) is 20.6 Å². The van der Waals surface area contributed by atoms with Crippen molar-refractivity contribution in [3.05, 3.63) is 77.9 Å². The number of aryl methyl sites for hydroxylation is 1. The zero-order valence-electron chi connectivity index (χ0n) is 13.0. The van der Waals surface area contributed by atoms with Gasteiger partial charge in [-0.1, -0.05) is 18.2 Å². The second kappa shape index (κ2) is 6.87. The first-order valence-corrected chi connectivity index (χ1v) is 7.35. The fourth-order valence-corrected chi connectivity index (χ4v) is 2.12. The Bertz CT molecular complexity index is 851. The first kappa shape index (κ1) is 15.6. The van der Waals surface area contributed by atoms with Gasteiger partial charge in [0.25, 0.3) is 5.91 Å². The van der Waals surface area contributed by atoms with E-state index in [-0.39, 0.29) is 17.4 Å². The van der Waals surface area contributed by atoms with E-state index in [1.807, 2.05) is 30.3 Å². The van der Waals surface area contributed by atoms with Crippen molar-refractivity contribution in [3.63, 3.8) is 0 Å². The van der Waals surface area contributed by atoms with Gasteiger partial charge in [0.1, 0.15) is 11.5 Å². The van der Waals surface area contributed by atoms with Crippen LogP contribution in [0.25, 0.3) is 0 Å². The number of rotatable bonds is 4. The van der Waals surface area contributed by atoms with E-state index in [1.165, 1.54) is 24.3 Å². The molecule has 120 valence electrons. The van der Waals surface area contributed by atoms with Crippen LogP contribution in [0.1, 0.15) is 16.2 Å². The summed E-state index contributed by atoms with van der Waals surface area (Å²) in [6.07, 6.45) is 0. The quantitative estimate of drug-likeness (QED) is 0.764. The second-order valence-corrected chi connectivity index (χ2v) is 5.17. The number of hydrogen-bond acceptors (Lipinski definition) is 4. The lowest BCUT2D eigenvalue weighted by molar-refractivity contribution is 0.102. The third-order valence-corrected chi connectivity index (χ3v) is 3.22. The minimum atomic E-state index is -0.386. The number of carbonyl (C=O) groups is 1. The van der Waals surface area contributed by atoms with Crippen molar-refractivity contribution < 1.29 is 9.18 Å². The fraction of sp³-hybridized carbons (Fsp3) is 0.0556. The average molecular weight is 322 g/mol. The SMILES string of the molecule is Cc1cc(C(=O)Nc2ccc(F)cc2)nc(Nc2ccccc2)n1. The highest BCUT2D eigenvalue weighted by atomic mass is 19.1. The number of amides is 1. The van der Waals surface area contributed by atoms with Gasteiger partial charge in [-0.3, -0.25) is 4.79 Å². The molecule has 1 aromatic heterocycles. The van der Waals surface area contributed by atoms with Gasteiger partial charge in [0.15, 0.2) is 0 Å². The van der Waals surface area contributed by atoms with Crippen LogP contribution in [0.2, 0.25) is 0 Å². The summed E-state index contributed by atoms with van der Waals surface area (Å²) in [7, 11) is 0. The Hall–Kier alpha value is -3.28. The van der Waals surface area contributed by atoms with Crippen LogP contribution in [0, 0.1) is 12.7 Å². The van der Waals surface area contributed by atoms with E-state index in [0.29, 0.717) is 17.3 Å². The topological polar surface area (TPSA) is 66.9 Å². The van der Waals surface area contributed by atoms with E-state index in [4.69, 9.17) is 0 Å². The Morgan fingerprint density at radius 1 is 0.958 bits per heavy atom. The molecule has 0 radical (unpaired) electrons. The number of benzene rings is 2. The van der Waals surface area contributed by atoms with Crippen LogP contribution in [0.3, 0.4) is 0 Å². The highest BCUT2D eigenvalue weighted by Gasteiger charge is 2.11. The summed E-state index contributed by atoms with van der Waals surface area (Å²) in [5.41, 5.74) is 2.21. The number of carbonyl (C=O) groups excluding carboxylic acids is 1. The molecule has 0 aliphatic carbocycles. The van der Waals surface area contributed by atoms with Crippen molar-refractivity contribution in [1.29, 1.82) is 0 Å². The van der Waals surface area contributed by atoms with Gasteiger partial charge in [-0.15, -0.1) is 0 Å². The molecule has 2 N–H and O–H groups in total. The third-order valence-electron chi connectivity index (χ3n) is 3.22. The number of hydrogen-bond donors (Lipinski definition) is 2. The molecule has 3 rings (SSSR count). The van der Waals surface area contributed by atoms with Gasteiger partial charge < -0.3 is 10.6 Å². The zero-order valence-corrected chi connectivity index (χ0v) is 13.0. The van der Waals surface area contributed by atoms with Gasteiger partial charge in [-0.25, -0.2) is 14.4 Å². The summed E-state index contributed by atoms with van der Waals surface area (Å²) in [5, 5.41) is 5.74. The van der Waals surface area contributed by atoms with Crippen LogP contribution < -0.4 is 10.6 Å². The lowest BCUT2D eigenvalue weighted by Crippen LogP contribution is -2.15. The molecule has 5 nitrogen and oxygen atoms in total.